The third-order valence-electron chi connectivity index (χ3n) is 4.24. The van der Waals surface area contributed by atoms with E-state index in [1.165, 1.54) is 0 Å². The molecule has 3 unspecified atom stereocenters. The van der Waals surface area contributed by atoms with Crippen molar-refractivity contribution < 1.29 is 29.4 Å². The molecule has 0 heterocycles. The summed E-state index contributed by atoms with van der Waals surface area (Å²) in [6.45, 7) is 3.84. The van der Waals surface area contributed by atoms with Gasteiger partial charge in [-0.2, -0.15) is 0 Å². The summed E-state index contributed by atoms with van der Waals surface area (Å²) >= 11 is 0. The van der Waals surface area contributed by atoms with Crippen LogP contribution in [0.2, 0.25) is 0 Å². The van der Waals surface area contributed by atoms with Crippen molar-refractivity contribution in [2.45, 2.75) is 57.7 Å². The monoisotopic (exact) mass is 407 g/mol. The van der Waals surface area contributed by atoms with Crippen LogP contribution in [0.1, 0.15) is 38.7 Å². The topological polar surface area (TPSA) is 159 Å². The predicted octanol–water partition coefficient (Wildman–Crippen LogP) is 0.522. The fourth-order valence-electron chi connectivity index (χ4n) is 2.75. The Kier molecular flexibility index (Phi) is 9.81. The van der Waals surface area contributed by atoms with Crippen LogP contribution in [0, 0.1) is 5.92 Å². The van der Waals surface area contributed by atoms with E-state index in [0.717, 1.165) is 5.56 Å². The Labute approximate surface area is 169 Å². The zero-order chi connectivity index (χ0) is 22.0. The number of carbonyl (C=O) groups excluding carboxylic acids is 2. The van der Waals surface area contributed by atoms with Gasteiger partial charge in [0.25, 0.3) is 0 Å². The fourth-order valence-corrected chi connectivity index (χ4v) is 2.75. The first kappa shape index (κ1) is 24.1. The standard InChI is InChI=1S/C20H29N3O6/c1-12(2)10-14(21)18(26)23-16(11-13-6-4-3-5-7-13)19(27)22-15(20(28)29)8-9-17(24)25/h3-7,12,14-16H,8-11,21H2,1-2H3,(H,22,27)(H,23,26)(H,24,25)(H,28,29). The zero-order valence-electron chi connectivity index (χ0n) is 16.6. The maximum Gasteiger partial charge on any atom is 0.326 e. The molecule has 0 saturated heterocycles. The fraction of sp³-hybridized carbons (Fsp3) is 0.500. The van der Waals surface area contributed by atoms with Gasteiger partial charge in [-0.15, -0.1) is 0 Å². The highest BCUT2D eigenvalue weighted by molar-refractivity contribution is 5.92. The van der Waals surface area contributed by atoms with Crippen LogP contribution in [0.15, 0.2) is 30.3 Å². The lowest BCUT2D eigenvalue weighted by Gasteiger charge is -2.23. The van der Waals surface area contributed by atoms with Crippen LogP contribution in [0.4, 0.5) is 0 Å². The van der Waals surface area contributed by atoms with E-state index in [1.54, 1.807) is 24.3 Å². The SMILES string of the molecule is CC(C)CC(N)C(=O)NC(Cc1ccccc1)C(=O)NC(CCC(=O)O)C(=O)O. The Morgan fingerprint density at radius 1 is 0.966 bits per heavy atom. The van der Waals surface area contributed by atoms with Crippen molar-refractivity contribution in [1.29, 1.82) is 0 Å². The van der Waals surface area contributed by atoms with E-state index < -0.39 is 48.3 Å². The first-order valence-corrected chi connectivity index (χ1v) is 9.45. The van der Waals surface area contributed by atoms with Crippen molar-refractivity contribution in [3.8, 4) is 0 Å². The van der Waals surface area contributed by atoms with Gasteiger partial charge in [0.15, 0.2) is 0 Å². The van der Waals surface area contributed by atoms with E-state index in [0.29, 0.717) is 6.42 Å². The van der Waals surface area contributed by atoms with Gasteiger partial charge in [-0.1, -0.05) is 44.2 Å². The molecule has 1 rings (SSSR count). The molecule has 0 aromatic heterocycles. The van der Waals surface area contributed by atoms with Crippen LogP contribution in [0.5, 0.6) is 0 Å². The highest BCUT2D eigenvalue weighted by atomic mass is 16.4. The maximum absolute atomic E-state index is 12.7. The molecule has 160 valence electrons. The molecule has 0 aliphatic rings. The molecule has 3 atom stereocenters. The van der Waals surface area contributed by atoms with E-state index in [2.05, 4.69) is 10.6 Å². The van der Waals surface area contributed by atoms with E-state index in [-0.39, 0.29) is 18.8 Å². The lowest BCUT2D eigenvalue weighted by molar-refractivity contribution is -0.143. The largest absolute Gasteiger partial charge is 0.481 e. The lowest BCUT2D eigenvalue weighted by Crippen LogP contribution is -2.55. The van der Waals surface area contributed by atoms with Crippen molar-refractivity contribution >= 4 is 23.8 Å². The summed E-state index contributed by atoms with van der Waals surface area (Å²) in [5, 5.41) is 22.9. The number of nitrogens with two attached hydrogens (primary N) is 1. The van der Waals surface area contributed by atoms with Gasteiger partial charge < -0.3 is 26.6 Å². The highest BCUT2D eigenvalue weighted by Gasteiger charge is 2.28. The minimum absolute atomic E-state index is 0.137. The quantitative estimate of drug-likeness (QED) is 0.338. The molecule has 0 aliphatic heterocycles. The maximum atomic E-state index is 12.7. The van der Waals surface area contributed by atoms with E-state index in [4.69, 9.17) is 10.8 Å². The second kappa shape index (κ2) is 11.8. The van der Waals surface area contributed by atoms with Gasteiger partial charge in [-0.3, -0.25) is 14.4 Å². The third-order valence-corrected chi connectivity index (χ3v) is 4.24. The Bertz CT molecular complexity index is 707. The highest BCUT2D eigenvalue weighted by Crippen LogP contribution is 2.07. The van der Waals surface area contributed by atoms with Crippen LogP contribution < -0.4 is 16.4 Å². The number of carboxylic acids is 2. The summed E-state index contributed by atoms with van der Waals surface area (Å²) in [6, 6.07) is 5.70. The van der Waals surface area contributed by atoms with Gasteiger partial charge in [-0.25, -0.2) is 4.79 Å². The number of nitrogens with one attached hydrogen (secondary N) is 2. The third kappa shape index (κ3) is 9.20. The molecule has 0 spiro atoms. The van der Waals surface area contributed by atoms with Crippen LogP contribution in [-0.2, 0) is 25.6 Å². The number of carboxylic acid groups (broad SMARTS) is 2. The van der Waals surface area contributed by atoms with Crippen molar-refractivity contribution in [1.82, 2.24) is 10.6 Å². The van der Waals surface area contributed by atoms with Crippen LogP contribution in [0.25, 0.3) is 0 Å². The zero-order valence-corrected chi connectivity index (χ0v) is 16.6. The van der Waals surface area contributed by atoms with E-state index >= 15 is 0 Å². The lowest BCUT2D eigenvalue weighted by atomic mass is 10.0. The number of hydrogen-bond donors (Lipinski definition) is 5. The number of carbonyl (C=O) groups is 4. The Balaban J connectivity index is 2.92. The Morgan fingerprint density at radius 3 is 2.07 bits per heavy atom. The molecule has 0 fully saturated rings. The summed E-state index contributed by atoms with van der Waals surface area (Å²) in [5.41, 5.74) is 6.65. The summed E-state index contributed by atoms with van der Waals surface area (Å²) < 4.78 is 0. The number of amides is 2. The average molecular weight is 407 g/mol. The van der Waals surface area contributed by atoms with Gasteiger partial charge >= 0.3 is 11.9 Å². The minimum atomic E-state index is -1.38. The number of rotatable bonds is 12. The number of hydrogen-bond acceptors (Lipinski definition) is 5. The van der Waals surface area contributed by atoms with E-state index in [9.17, 15) is 24.3 Å². The molecule has 9 heteroatoms. The normalized spacial score (nSPS) is 13.9. The van der Waals surface area contributed by atoms with Gasteiger partial charge in [0, 0.05) is 12.8 Å². The molecule has 0 bridgehead atoms. The molecule has 6 N–H and O–H groups in total. The Hall–Kier alpha value is -2.94. The summed E-state index contributed by atoms with van der Waals surface area (Å²) in [5.74, 6) is -3.55. The van der Waals surface area contributed by atoms with Crippen molar-refractivity contribution in [2.24, 2.45) is 11.7 Å². The predicted molar refractivity (Wildman–Crippen MR) is 106 cm³/mol. The molecule has 2 amide bonds. The molecule has 9 nitrogen and oxygen atoms in total. The van der Waals surface area contributed by atoms with Crippen LogP contribution in [-0.4, -0.2) is 52.1 Å². The summed E-state index contributed by atoms with van der Waals surface area (Å²) in [4.78, 5) is 47.2. The molecular weight excluding hydrogens is 378 g/mol. The smallest absolute Gasteiger partial charge is 0.326 e. The molecule has 0 saturated carbocycles. The molecule has 1 aromatic carbocycles. The second-order valence-corrected chi connectivity index (χ2v) is 7.32. The second-order valence-electron chi connectivity index (χ2n) is 7.32. The molecule has 29 heavy (non-hydrogen) atoms. The molecule has 0 aliphatic carbocycles. The average Bonchev–Trinajstić information content (AvgIpc) is 2.64. The molecular formula is C20H29N3O6. The number of benzene rings is 1. The van der Waals surface area contributed by atoms with Gasteiger partial charge in [0.2, 0.25) is 11.8 Å². The first-order valence-electron chi connectivity index (χ1n) is 9.45. The van der Waals surface area contributed by atoms with Crippen molar-refractivity contribution in [3.05, 3.63) is 35.9 Å². The van der Waals surface area contributed by atoms with Crippen molar-refractivity contribution in [2.75, 3.05) is 0 Å². The van der Waals surface area contributed by atoms with Crippen LogP contribution >= 0.6 is 0 Å². The molecule has 0 radical (unpaired) electrons. The Morgan fingerprint density at radius 2 is 1.55 bits per heavy atom. The summed E-state index contributed by atoms with van der Waals surface area (Å²) in [6.07, 6.45) is -0.110. The summed E-state index contributed by atoms with van der Waals surface area (Å²) in [7, 11) is 0. The van der Waals surface area contributed by atoms with Crippen molar-refractivity contribution in [3.63, 3.8) is 0 Å². The first-order chi connectivity index (χ1) is 13.6. The van der Waals surface area contributed by atoms with E-state index in [1.807, 2.05) is 19.9 Å². The van der Waals surface area contributed by atoms with Gasteiger partial charge in [0.05, 0.1) is 6.04 Å². The minimum Gasteiger partial charge on any atom is -0.481 e. The van der Waals surface area contributed by atoms with Crippen LogP contribution in [0.3, 0.4) is 0 Å². The van der Waals surface area contributed by atoms with Gasteiger partial charge in [-0.05, 0) is 24.3 Å². The van der Waals surface area contributed by atoms with Gasteiger partial charge in [0.1, 0.15) is 12.1 Å². The molecule has 1 aromatic rings. The number of aliphatic carboxylic acids is 2.